The zero-order valence-electron chi connectivity index (χ0n) is 14.1. The van der Waals surface area contributed by atoms with Crippen LogP contribution in [-0.4, -0.2) is 37.4 Å². The summed E-state index contributed by atoms with van der Waals surface area (Å²) >= 11 is 0. The van der Waals surface area contributed by atoms with E-state index in [1.165, 1.54) is 11.4 Å². The van der Waals surface area contributed by atoms with Crippen molar-refractivity contribution in [2.45, 2.75) is 19.3 Å². The van der Waals surface area contributed by atoms with Crippen molar-refractivity contribution in [2.24, 2.45) is 5.92 Å². The third-order valence-corrected chi connectivity index (χ3v) is 4.66. The lowest BCUT2D eigenvalue weighted by atomic mass is 10.00. The maximum absolute atomic E-state index is 10.9. The molecule has 0 N–H and O–H groups in total. The summed E-state index contributed by atoms with van der Waals surface area (Å²) in [6.45, 7) is 3.99. The van der Waals surface area contributed by atoms with Gasteiger partial charge in [-0.05, 0) is 56.6 Å². The Kier molecular flexibility index (Phi) is 6.02. The Morgan fingerprint density at radius 1 is 1.00 bits per heavy atom. The number of para-hydroxylation sites is 2. The summed E-state index contributed by atoms with van der Waals surface area (Å²) in [7, 11) is 0. The van der Waals surface area contributed by atoms with E-state index in [-0.39, 0.29) is 5.92 Å². The van der Waals surface area contributed by atoms with E-state index in [1.807, 2.05) is 0 Å². The van der Waals surface area contributed by atoms with Crippen LogP contribution in [0.15, 0.2) is 60.7 Å². The number of carbonyl (C=O) groups excluding carboxylic acids is 1. The molecule has 1 radical (unpaired) electrons. The molecule has 2 aromatic rings. The summed E-state index contributed by atoms with van der Waals surface area (Å²) in [4.78, 5) is 15.7. The molecule has 1 aliphatic rings. The van der Waals surface area contributed by atoms with E-state index >= 15 is 0 Å². The van der Waals surface area contributed by atoms with Crippen LogP contribution in [-0.2, 0) is 4.79 Å². The predicted octanol–water partition coefficient (Wildman–Crippen LogP) is 4.04. The maximum atomic E-state index is 10.9. The fourth-order valence-electron chi connectivity index (χ4n) is 3.43. The van der Waals surface area contributed by atoms with Gasteiger partial charge in [0.25, 0.3) is 0 Å². The second kappa shape index (κ2) is 8.65. The largest absolute Gasteiger partial charge is 0.341 e. The highest BCUT2D eigenvalue weighted by molar-refractivity contribution is 5.62. The molecule has 3 rings (SSSR count). The van der Waals surface area contributed by atoms with Crippen molar-refractivity contribution in [3.8, 4) is 0 Å². The molecule has 0 bridgehead atoms. The van der Waals surface area contributed by atoms with Gasteiger partial charge in [0.05, 0.1) is 0 Å². The van der Waals surface area contributed by atoms with E-state index in [4.69, 9.17) is 0 Å². The van der Waals surface area contributed by atoms with Gasteiger partial charge < -0.3 is 9.80 Å². The van der Waals surface area contributed by atoms with Gasteiger partial charge in [-0.15, -0.1) is 0 Å². The van der Waals surface area contributed by atoms with Gasteiger partial charge in [0, 0.05) is 30.4 Å². The third-order valence-electron chi connectivity index (χ3n) is 4.66. The number of likely N-dealkylation sites (tertiary alicyclic amines) is 1. The van der Waals surface area contributed by atoms with Crippen molar-refractivity contribution < 1.29 is 4.79 Å². The molecule has 1 atom stereocenters. The Labute approximate surface area is 144 Å². The first-order valence-corrected chi connectivity index (χ1v) is 8.84. The fraction of sp³-hybridized carbons (Fsp3) is 0.381. The van der Waals surface area contributed by atoms with E-state index in [2.05, 4.69) is 76.7 Å². The Balaban J connectivity index is 1.62. The molecular weight excluding hydrogens is 296 g/mol. The smallest absolute Gasteiger partial charge is 0.203 e. The van der Waals surface area contributed by atoms with Crippen molar-refractivity contribution >= 4 is 17.7 Å². The number of hydrogen-bond donors (Lipinski definition) is 0. The molecule has 0 saturated carbocycles. The highest BCUT2D eigenvalue weighted by atomic mass is 16.1. The highest BCUT2D eigenvalue weighted by Crippen LogP contribution is 2.25. The van der Waals surface area contributed by atoms with Crippen molar-refractivity contribution in [1.29, 1.82) is 0 Å². The second-order valence-electron chi connectivity index (χ2n) is 6.43. The van der Waals surface area contributed by atoms with E-state index in [9.17, 15) is 4.79 Å². The van der Waals surface area contributed by atoms with Crippen LogP contribution in [0.4, 0.5) is 11.4 Å². The Bertz CT molecular complexity index is 575. The van der Waals surface area contributed by atoms with Gasteiger partial charge in [-0.25, -0.2) is 0 Å². The number of hydrogen-bond acceptors (Lipinski definition) is 3. The Morgan fingerprint density at radius 3 is 2.21 bits per heavy atom. The quantitative estimate of drug-likeness (QED) is 0.769. The molecule has 0 spiro atoms. The molecule has 1 saturated heterocycles. The van der Waals surface area contributed by atoms with Gasteiger partial charge >= 0.3 is 0 Å². The number of anilines is 2. The van der Waals surface area contributed by atoms with Gasteiger partial charge in [0.2, 0.25) is 6.29 Å². The van der Waals surface area contributed by atoms with E-state index < -0.39 is 0 Å². The summed E-state index contributed by atoms with van der Waals surface area (Å²) in [5, 5.41) is 0. The molecule has 1 aliphatic heterocycles. The number of nitrogens with zero attached hydrogens (tertiary/aromatic N) is 2. The molecule has 3 nitrogen and oxygen atoms in total. The molecule has 3 heteroatoms. The van der Waals surface area contributed by atoms with Crippen molar-refractivity contribution in [1.82, 2.24) is 4.90 Å². The summed E-state index contributed by atoms with van der Waals surface area (Å²) in [6, 6.07) is 21.1. The molecule has 1 fully saturated rings. The second-order valence-corrected chi connectivity index (χ2v) is 6.43. The number of rotatable bonds is 7. The van der Waals surface area contributed by atoms with Crippen LogP contribution in [0.25, 0.3) is 0 Å². The van der Waals surface area contributed by atoms with Crippen LogP contribution in [0.5, 0.6) is 0 Å². The molecule has 2 aromatic carbocycles. The minimum Gasteiger partial charge on any atom is -0.341 e. The average molecular weight is 321 g/mol. The predicted molar refractivity (Wildman–Crippen MR) is 99.4 cm³/mol. The first kappa shape index (κ1) is 16.7. The molecule has 0 aliphatic carbocycles. The van der Waals surface area contributed by atoms with Gasteiger partial charge in [-0.1, -0.05) is 36.4 Å². The van der Waals surface area contributed by atoms with Gasteiger partial charge in [0.15, 0.2) is 0 Å². The lowest BCUT2D eigenvalue weighted by Gasteiger charge is -2.31. The van der Waals surface area contributed by atoms with Crippen molar-refractivity contribution in [3.05, 3.63) is 60.7 Å². The lowest BCUT2D eigenvalue weighted by molar-refractivity contribution is 0.201. The summed E-state index contributed by atoms with van der Waals surface area (Å²) in [5.74, 6) is 0.109. The molecule has 1 heterocycles. The SMILES string of the molecule is O=[C][C@@H]1CCCN(CCCN(c2ccccc2)c2ccccc2)C1. The van der Waals surface area contributed by atoms with Crippen LogP contribution < -0.4 is 4.90 Å². The normalized spacial score (nSPS) is 18.2. The first-order chi connectivity index (χ1) is 11.9. The summed E-state index contributed by atoms with van der Waals surface area (Å²) in [5.41, 5.74) is 2.45. The zero-order chi connectivity index (χ0) is 16.6. The molecule has 24 heavy (non-hydrogen) atoms. The molecular formula is C21H25N2O. The number of piperidine rings is 1. The van der Waals surface area contributed by atoms with Gasteiger partial charge in [0.1, 0.15) is 0 Å². The third kappa shape index (κ3) is 4.45. The zero-order valence-corrected chi connectivity index (χ0v) is 14.1. The van der Waals surface area contributed by atoms with Crippen LogP contribution in [0.3, 0.4) is 0 Å². The van der Waals surface area contributed by atoms with Gasteiger partial charge in [-0.2, -0.15) is 0 Å². The van der Waals surface area contributed by atoms with E-state index in [0.29, 0.717) is 0 Å². The Hall–Kier alpha value is -2.13. The highest BCUT2D eigenvalue weighted by Gasteiger charge is 2.19. The van der Waals surface area contributed by atoms with Crippen LogP contribution in [0.1, 0.15) is 19.3 Å². The average Bonchev–Trinajstić information content (AvgIpc) is 2.67. The minimum absolute atomic E-state index is 0.109. The fourth-order valence-corrected chi connectivity index (χ4v) is 3.43. The molecule has 0 unspecified atom stereocenters. The summed E-state index contributed by atoms with van der Waals surface area (Å²) < 4.78 is 0. The molecule has 0 amide bonds. The van der Waals surface area contributed by atoms with E-state index in [1.54, 1.807) is 0 Å². The standard InChI is InChI=1S/C21H25N2O/c24-18-19-9-7-14-22(17-19)15-8-16-23(20-10-3-1-4-11-20)21-12-5-2-6-13-21/h1-6,10-13,19H,7-9,14-17H2/t19-/m1/s1. The van der Waals surface area contributed by atoms with Gasteiger partial charge in [-0.3, -0.25) is 4.79 Å². The van der Waals surface area contributed by atoms with Crippen LogP contribution in [0.2, 0.25) is 0 Å². The minimum atomic E-state index is 0.109. The monoisotopic (exact) mass is 321 g/mol. The lowest BCUT2D eigenvalue weighted by Crippen LogP contribution is -2.37. The number of benzene rings is 2. The van der Waals surface area contributed by atoms with E-state index in [0.717, 1.165) is 45.4 Å². The van der Waals surface area contributed by atoms with Crippen molar-refractivity contribution in [3.63, 3.8) is 0 Å². The topological polar surface area (TPSA) is 23.6 Å². The first-order valence-electron chi connectivity index (χ1n) is 8.84. The van der Waals surface area contributed by atoms with Crippen molar-refractivity contribution in [2.75, 3.05) is 31.1 Å². The molecule has 125 valence electrons. The Morgan fingerprint density at radius 2 is 1.62 bits per heavy atom. The molecule has 0 aromatic heterocycles. The summed E-state index contributed by atoms with van der Waals surface area (Å²) in [6.07, 6.45) is 5.37. The van der Waals surface area contributed by atoms with Crippen LogP contribution in [0, 0.1) is 5.92 Å². The van der Waals surface area contributed by atoms with Crippen LogP contribution >= 0.6 is 0 Å². The maximum Gasteiger partial charge on any atom is 0.203 e.